The number of hydrogen-bond acceptors (Lipinski definition) is 3. The third-order valence-electron chi connectivity index (χ3n) is 3.94. The molecule has 1 heterocycles. The summed E-state index contributed by atoms with van der Waals surface area (Å²) in [6.45, 7) is 4.38. The Kier molecular flexibility index (Phi) is 4.31. The van der Waals surface area contributed by atoms with Crippen LogP contribution in [0.5, 0.6) is 0 Å². The summed E-state index contributed by atoms with van der Waals surface area (Å²) in [6.07, 6.45) is 4.23. The summed E-state index contributed by atoms with van der Waals surface area (Å²) >= 11 is 1.59. The highest BCUT2D eigenvalue weighted by Gasteiger charge is 2.13. The molecule has 0 bridgehead atoms. The number of fused-ring (bicyclic) bond motifs is 1. The predicted molar refractivity (Wildman–Crippen MR) is 99.6 cm³/mol. The lowest BCUT2D eigenvalue weighted by atomic mass is 10.0. The Balaban J connectivity index is 2.18. The van der Waals surface area contributed by atoms with Gasteiger partial charge in [0, 0.05) is 35.1 Å². The van der Waals surface area contributed by atoms with Gasteiger partial charge in [0.15, 0.2) is 0 Å². The van der Waals surface area contributed by atoms with Crippen LogP contribution in [0.4, 0.5) is 5.69 Å². The first-order valence-corrected chi connectivity index (χ1v) is 8.80. The van der Waals surface area contributed by atoms with E-state index in [1.165, 1.54) is 16.5 Å². The Bertz CT molecular complexity index is 870. The lowest BCUT2D eigenvalue weighted by Gasteiger charge is -2.10. The van der Waals surface area contributed by atoms with E-state index in [1.54, 1.807) is 11.9 Å². The van der Waals surface area contributed by atoms with Gasteiger partial charge >= 0.3 is 0 Å². The number of hydrogen-bond donors (Lipinski definition) is 1. The van der Waals surface area contributed by atoms with Crippen LogP contribution in [0.25, 0.3) is 22.0 Å². The van der Waals surface area contributed by atoms with Crippen LogP contribution in [0.15, 0.2) is 48.7 Å². The summed E-state index contributed by atoms with van der Waals surface area (Å²) in [5.74, 6) is 0. The minimum absolute atomic E-state index is 0.383. The predicted octanol–water partition coefficient (Wildman–Crippen LogP) is 5.45. The van der Waals surface area contributed by atoms with Crippen molar-refractivity contribution >= 4 is 28.5 Å². The van der Waals surface area contributed by atoms with Gasteiger partial charge in [-0.15, -0.1) is 0 Å². The molecule has 23 heavy (non-hydrogen) atoms. The Labute approximate surface area is 141 Å². The van der Waals surface area contributed by atoms with Crippen LogP contribution >= 0.6 is 11.9 Å². The zero-order valence-electron chi connectivity index (χ0n) is 13.5. The van der Waals surface area contributed by atoms with E-state index in [1.807, 2.05) is 30.5 Å². The number of anilines is 1. The van der Waals surface area contributed by atoms with E-state index in [0.717, 1.165) is 11.3 Å². The van der Waals surface area contributed by atoms with Gasteiger partial charge in [0.2, 0.25) is 0 Å². The number of benzene rings is 2. The maximum Gasteiger partial charge on any atom is 0.0991 e. The first-order chi connectivity index (χ1) is 11.1. The van der Waals surface area contributed by atoms with Crippen molar-refractivity contribution in [2.24, 2.45) is 0 Å². The third-order valence-corrected chi connectivity index (χ3v) is 4.38. The van der Waals surface area contributed by atoms with E-state index >= 15 is 0 Å². The van der Waals surface area contributed by atoms with Gasteiger partial charge in [-0.05, 0) is 43.7 Å². The van der Waals surface area contributed by atoms with Crippen LogP contribution in [0.2, 0.25) is 0 Å². The number of nitrogens with one attached hydrogen (secondary N) is 1. The zero-order chi connectivity index (χ0) is 16.4. The van der Waals surface area contributed by atoms with E-state index in [4.69, 9.17) is 5.26 Å². The molecule has 0 saturated heterocycles. The molecule has 1 aromatic heterocycles. The second-order valence-electron chi connectivity index (χ2n) is 5.77. The maximum absolute atomic E-state index is 8.97. The number of aromatic nitrogens is 1. The van der Waals surface area contributed by atoms with Gasteiger partial charge in [-0.2, -0.15) is 5.26 Å². The molecule has 116 valence electrons. The van der Waals surface area contributed by atoms with Gasteiger partial charge in [-0.25, -0.2) is 0 Å². The van der Waals surface area contributed by atoms with Crippen molar-refractivity contribution in [1.29, 1.82) is 5.26 Å². The molecular formula is C19H19N3S. The molecule has 0 aliphatic carbocycles. The largest absolute Gasteiger partial charge is 0.344 e. The van der Waals surface area contributed by atoms with Crippen molar-refractivity contribution in [2.75, 3.05) is 11.0 Å². The fourth-order valence-electron chi connectivity index (χ4n) is 2.81. The SMILES string of the molecule is CSNc1ccc2c(-c3ccc(C#N)cc3)cn(C(C)C)c2c1. The summed E-state index contributed by atoms with van der Waals surface area (Å²) in [5.41, 5.74) is 5.36. The quantitative estimate of drug-likeness (QED) is 0.649. The minimum atomic E-state index is 0.383. The van der Waals surface area contributed by atoms with Gasteiger partial charge in [0.1, 0.15) is 0 Å². The van der Waals surface area contributed by atoms with E-state index in [-0.39, 0.29) is 0 Å². The third kappa shape index (κ3) is 2.93. The van der Waals surface area contributed by atoms with Crippen LogP contribution in [0.3, 0.4) is 0 Å². The number of rotatable bonds is 4. The summed E-state index contributed by atoms with van der Waals surface area (Å²) in [7, 11) is 0. The van der Waals surface area contributed by atoms with E-state index in [9.17, 15) is 0 Å². The van der Waals surface area contributed by atoms with Gasteiger partial charge in [-0.1, -0.05) is 30.1 Å². The first-order valence-electron chi connectivity index (χ1n) is 7.58. The van der Waals surface area contributed by atoms with Crippen molar-refractivity contribution in [3.63, 3.8) is 0 Å². The first kappa shape index (κ1) is 15.5. The monoisotopic (exact) mass is 321 g/mol. The van der Waals surface area contributed by atoms with Crippen molar-refractivity contribution in [1.82, 2.24) is 4.57 Å². The van der Waals surface area contributed by atoms with E-state index in [0.29, 0.717) is 11.6 Å². The molecule has 0 atom stereocenters. The standard InChI is InChI=1S/C19H19N3S/c1-13(2)22-12-18(15-6-4-14(11-20)5-7-15)17-9-8-16(21-23-3)10-19(17)22/h4-10,12-13,21H,1-3H3. The zero-order valence-corrected chi connectivity index (χ0v) is 14.3. The molecule has 0 aliphatic heterocycles. The molecule has 0 amide bonds. The lowest BCUT2D eigenvalue weighted by molar-refractivity contribution is 0.623. The molecule has 0 fully saturated rings. The van der Waals surface area contributed by atoms with Gasteiger partial charge < -0.3 is 9.29 Å². The Hall–Kier alpha value is -2.38. The minimum Gasteiger partial charge on any atom is -0.344 e. The van der Waals surface area contributed by atoms with E-state index < -0.39 is 0 Å². The van der Waals surface area contributed by atoms with Crippen molar-refractivity contribution in [3.05, 3.63) is 54.2 Å². The molecule has 3 aromatic rings. The highest BCUT2D eigenvalue weighted by atomic mass is 32.2. The molecule has 0 spiro atoms. The van der Waals surface area contributed by atoms with Crippen LogP contribution in [-0.2, 0) is 0 Å². The Morgan fingerprint density at radius 1 is 1.13 bits per heavy atom. The Morgan fingerprint density at radius 3 is 2.48 bits per heavy atom. The summed E-state index contributed by atoms with van der Waals surface area (Å²) < 4.78 is 5.60. The number of nitrogens with zero attached hydrogens (tertiary/aromatic N) is 2. The average Bonchev–Trinajstić information content (AvgIpc) is 2.94. The average molecular weight is 321 g/mol. The highest BCUT2D eigenvalue weighted by Crippen LogP contribution is 2.34. The molecule has 2 aromatic carbocycles. The molecule has 4 heteroatoms. The van der Waals surface area contributed by atoms with Crippen LogP contribution in [-0.4, -0.2) is 10.8 Å². The lowest BCUT2D eigenvalue weighted by Crippen LogP contribution is -1.98. The fourth-order valence-corrected chi connectivity index (χ4v) is 3.18. The molecular weight excluding hydrogens is 302 g/mol. The highest BCUT2D eigenvalue weighted by molar-refractivity contribution is 7.99. The van der Waals surface area contributed by atoms with Gasteiger partial charge in [-0.3, -0.25) is 0 Å². The van der Waals surface area contributed by atoms with Crippen LogP contribution < -0.4 is 4.72 Å². The molecule has 3 rings (SSSR count). The van der Waals surface area contributed by atoms with Crippen LogP contribution in [0, 0.1) is 11.3 Å². The van der Waals surface area contributed by atoms with Crippen molar-refractivity contribution in [2.45, 2.75) is 19.9 Å². The van der Waals surface area contributed by atoms with E-state index in [2.05, 4.69) is 53.6 Å². The molecule has 0 radical (unpaired) electrons. The summed E-state index contributed by atoms with van der Waals surface area (Å²) in [5, 5.41) is 10.2. The summed E-state index contributed by atoms with van der Waals surface area (Å²) in [4.78, 5) is 0. The summed E-state index contributed by atoms with van der Waals surface area (Å²) in [6, 6.07) is 16.8. The molecule has 1 N–H and O–H groups in total. The van der Waals surface area contributed by atoms with Crippen molar-refractivity contribution in [3.8, 4) is 17.2 Å². The fraction of sp³-hybridized carbons (Fsp3) is 0.211. The molecule has 3 nitrogen and oxygen atoms in total. The van der Waals surface area contributed by atoms with Crippen molar-refractivity contribution < 1.29 is 0 Å². The maximum atomic E-state index is 8.97. The topological polar surface area (TPSA) is 40.8 Å². The number of nitriles is 1. The normalized spacial score (nSPS) is 10.9. The molecule has 0 unspecified atom stereocenters. The Morgan fingerprint density at radius 2 is 1.87 bits per heavy atom. The van der Waals surface area contributed by atoms with Gasteiger partial charge in [0.25, 0.3) is 0 Å². The van der Waals surface area contributed by atoms with Crippen LogP contribution in [0.1, 0.15) is 25.5 Å². The molecule has 0 saturated carbocycles. The van der Waals surface area contributed by atoms with Gasteiger partial charge in [0.05, 0.1) is 17.1 Å². The smallest absolute Gasteiger partial charge is 0.0991 e. The second-order valence-corrected chi connectivity index (χ2v) is 6.38. The molecule has 0 aliphatic rings. The second kappa shape index (κ2) is 6.39.